The first-order valence-electron chi connectivity index (χ1n) is 12.8. The van der Waals surface area contributed by atoms with Crippen LogP contribution in [0.1, 0.15) is 57.0 Å². The summed E-state index contributed by atoms with van der Waals surface area (Å²) in [7, 11) is 0. The van der Waals surface area contributed by atoms with Crippen LogP contribution in [0.15, 0.2) is 65.4 Å². The molecule has 1 unspecified atom stereocenters. The Morgan fingerprint density at radius 1 is 1.16 bits per heavy atom. The maximum atomic E-state index is 14.3. The molecule has 1 aromatic heterocycles. The minimum absolute atomic E-state index is 0.0429. The quantitative estimate of drug-likeness (QED) is 0.362. The summed E-state index contributed by atoms with van der Waals surface area (Å²) in [6.07, 6.45) is 1.29. The number of hydrogen-bond acceptors (Lipinski definition) is 6. The number of aromatic nitrogens is 1. The standard InChI is InChI=1S/C29H35N5O4/c1-18(2)15-29(23-12-7-6-8-13-23)26(35)34(27(30)33-29)24(16-37-28(36)32-19(3)4)21-10-9-11-22(14-21)25-20(5)31-17-38-25/h6-14,17-19,24H,15-16H2,1-5H3,(H2,30,33)(H,32,36)/t24?,29-/m1/s1. The number of oxazole rings is 1. The van der Waals surface area contributed by atoms with E-state index >= 15 is 0 Å². The second kappa shape index (κ2) is 11.1. The lowest BCUT2D eigenvalue weighted by Gasteiger charge is -2.31. The van der Waals surface area contributed by atoms with Crippen molar-refractivity contribution in [2.45, 2.75) is 58.7 Å². The Morgan fingerprint density at radius 2 is 1.89 bits per heavy atom. The van der Waals surface area contributed by atoms with Crippen LogP contribution in [0.25, 0.3) is 11.3 Å². The van der Waals surface area contributed by atoms with Gasteiger partial charge in [-0.15, -0.1) is 0 Å². The van der Waals surface area contributed by atoms with Gasteiger partial charge in [-0.3, -0.25) is 15.1 Å². The second-order valence-electron chi connectivity index (χ2n) is 10.3. The molecule has 9 nitrogen and oxygen atoms in total. The molecular formula is C29H35N5O4. The fraction of sp³-hybridized carbons (Fsp3) is 0.379. The number of amides is 2. The van der Waals surface area contributed by atoms with E-state index in [9.17, 15) is 9.59 Å². The number of carbonyl (C=O) groups is 2. The largest absolute Gasteiger partial charge is 0.447 e. The third kappa shape index (κ3) is 5.41. The summed E-state index contributed by atoms with van der Waals surface area (Å²) >= 11 is 0. The van der Waals surface area contributed by atoms with E-state index in [1.165, 1.54) is 11.3 Å². The van der Waals surface area contributed by atoms with Crippen LogP contribution in [0.4, 0.5) is 4.79 Å². The number of aryl methyl sites for hydroxylation is 1. The van der Waals surface area contributed by atoms with Crippen molar-refractivity contribution >= 4 is 18.0 Å². The van der Waals surface area contributed by atoms with Crippen LogP contribution < -0.4 is 10.6 Å². The van der Waals surface area contributed by atoms with E-state index in [0.717, 1.165) is 16.8 Å². The van der Waals surface area contributed by atoms with Crippen LogP contribution in [-0.4, -0.2) is 40.5 Å². The Hall–Kier alpha value is -4.14. The van der Waals surface area contributed by atoms with Gasteiger partial charge in [0.05, 0.1) is 11.7 Å². The Morgan fingerprint density at radius 3 is 2.53 bits per heavy atom. The number of rotatable bonds is 9. The molecule has 2 heterocycles. The molecule has 1 aliphatic rings. The smallest absolute Gasteiger partial charge is 0.407 e. The molecule has 0 aliphatic carbocycles. The van der Waals surface area contributed by atoms with Crippen LogP contribution in [0.2, 0.25) is 0 Å². The van der Waals surface area contributed by atoms with E-state index in [4.69, 9.17) is 14.6 Å². The highest BCUT2D eigenvalue weighted by Gasteiger charge is 2.53. The van der Waals surface area contributed by atoms with Crippen molar-refractivity contribution in [3.05, 3.63) is 77.8 Å². The SMILES string of the molecule is Cc1ncoc1-c1cccc(C(COC(=O)NC(C)C)N2C(=N)N[C@](CC(C)C)(c3ccccc3)C2=O)c1. The first-order valence-corrected chi connectivity index (χ1v) is 12.8. The molecule has 1 saturated heterocycles. The van der Waals surface area contributed by atoms with Gasteiger partial charge in [0.1, 0.15) is 12.1 Å². The van der Waals surface area contributed by atoms with E-state index in [2.05, 4.69) is 15.6 Å². The molecule has 1 fully saturated rings. The van der Waals surface area contributed by atoms with Gasteiger partial charge >= 0.3 is 6.09 Å². The molecule has 9 heteroatoms. The molecule has 4 rings (SSSR count). The number of nitrogens with one attached hydrogen (secondary N) is 3. The van der Waals surface area contributed by atoms with E-state index < -0.39 is 17.7 Å². The van der Waals surface area contributed by atoms with Crippen molar-refractivity contribution in [3.8, 4) is 11.3 Å². The summed E-state index contributed by atoms with van der Waals surface area (Å²) < 4.78 is 11.2. The number of ether oxygens (including phenoxy) is 1. The van der Waals surface area contributed by atoms with Gasteiger partial charge in [0.25, 0.3) is 5.91 Å². The number of nitrogens with zero attached hydrogens (tertiary/aromatic N) is 2. The highest BCUT2D eigenvalue weighted by Crippen LogP contribution is 2.39. The van der Waals surface area contributed by atoms with Gasteiger partial charge in [-0.1, -0.05) is 62.4 Å². The average Bonchev–Trinajstić information content (AvgIpc) is 3.40. The van der Waals surface area contributed by atoms with Gasteiger partial charge in [0.15, 0.2) is 18.1 Å². The Balaban J connectivity index is 1.76. The van der Waals surface area contributed by atoms with Crippen molar-refractivity contribution < 1.29 is 18.7 Å². The second-order valence-corrected chi connectivity index (χ2v) is 10.3. The zero-order valence-corrected chi connectivity index (χ0v) is 22.4. The molecule has 2 aromatic carbocycles. The van der Waals surface area contributed by atoms with Crippen molar-refractivity contribution in [2.75, 3.05) is 6.61 Å². The molecule has 3 N–H and O–H groups in total. The molecule has 0 bridgehead atoms. The predicted octanol–water partition coefficient (Wildman–Crippen LogP) is 5.13. The van der Waals surface area contributed by atoms with Crippen LogP contribution in [0, 0.1) is 18.3 Å². The van der Waals surface area contributed by atoms with Gasteiger partial charge in [0, 0.05) is 11.6 Å². The number of alkyl carbamates (subject to hydrolysis) is 1. The van der Waals surface area contributed by atoms with Crippen LogP contribution >= 0.6 is 0 Å². The van der Waals surface area contributed by atoms with Crippen molar-refractivity contribution in [1.29, 1.82) is 5.41 Å². The van der Waals surface area contributed by atoms with Gasteiger partial charge in [-0.25, -0.2) is 9.78 Å². The molecule has 0 radical (unpaired) electrons. The van der Waals surface area contributed by atoms with Crippen molar-refractivity contribution in [1.82, 2.24) is 20.5 Å². The summed E-state index contributed by atoms with van der Waals surface area (Å²) in [5.41, 5.74) is 1.89. The first-order chi connectivity index (χ1) is 18.1. The molecule has 0 saturated carbocycles. The number of carbonyl (C=O) groups excluding carboxylic acids is 2. The van der Waals surface area contributed by atoms with Crippen LogP contribution in [0.3, 0.4) is 0 Å². The minimum Gasteiger partial charge on any atom is -0.447 e. The topological polar surface area (TPSA) is 121 Å². The molecule has 1 aliphatic heterocycles. The van der Waals surface area contributed by atoms with Gasteiger partial charge in [0.2, 0.25) is 0 Å². The fourth-order valence-corrected chi connectivity index (χ4v) is 4.93. The maximum absolute atomic E-state index is 14.3. The molecule has 0 spiro atoms. The van der Waals surface area contributed by atoms with E-state index in [-0.39, 0.29) is 30.4 Å². The van der Waals surface area contributed by atoms with Crippen molar-refractivity contribution in [3.63, 3.8) is 0 Å². The molecule has 2 atom stereocenters. The Kier molecular flexibility index (Phi) is 7.85. The summed E-state index contributed by atoms with van der Waals surface area (Å²) in [6, 6.07) is 16.1. The zero-order chi connectivity index (χ0) is 27.4. The van der Waals surface area contributed by atoms with E-state index in [0.29, 0.717) is 17.7 Å². The summed E-state index contributed by atoms with van der Waals surface area (Å²) in [6.45, 7) is 9.49. The number of benzene rings is 2. The zero-order valence-electron chi connectivity index (χ0n) is 22.4. The molecule has 3 aromatic rings. The molecule has 2 amide bonds. The summed E-state index contributed by atoms with van der Waals surface area (Å²) in [5, 5.41) is 14.8. The number of guanidine groups is 1. The third-order valence-corrected chi connectivity index (χ3v) is 6.51. The van der Waals surface area contributed by atoms with E-state index in [1.807, 2.05) is 89.2 Å². The van der Waals surface area contributed by atoms with Crippen LogP contribution in [-0.2, 0) is 15.1 Å². The molecular weight excluding hydrogens is 482 g/mol. The van der Waals surface area contributed by atoms with Gasteiger partial charge in [-0.2, -0.15) is 0 Å². The fourth-order valence-electron chi connectivity index (χ4n) is 4.93. The normalized spacial score (nSPS) is 18.1. The van der Waals surface area contributed by atoms with E-state index in [1.54, 1.807) is 0 Å². The number of hydrogen-bond donors (Lipinski definition) is 3. The average molecular weight is 518 g/mol. The highest BCUT2D eigenvalue weighted by molar-refractivity contribution is 6.08. The lowest BCUT2D eigenvalue weighted by molar-refractivity contribution is -0.134. The molecule has 38 heavy (non-hydrogen) atoms. The summed E-state index contributed by atoms with van der Waals surface area (Å²) in [4.78, 5) is 32.3. The Bertz CT molecular complexity index is 1300. The van der Waals surface area contributed by atoms with Crippen LogP contribution in [0.5, 0.6) is 0 Å². The van der Waals surface area contributed by atoms with Crippen molar-refractivity contribution in [2.24, 2.45) is 5.92 Å². The predicted molar refractivity (Wildman–Crippen MR) is 144 cm³/mol. The maximum Gasteiger partial charge on any atom is 0.407 e. The van der Waals surface area contributed by atoms with Gasteiger partial charge in [-0.05, 0) is 50.3 Å². The molecule has 200 valence electrons. The lowest BCUT2D eigenvalue weighted by Crippen LogP contribution is -2.45. The summed E-state index contributed by atoms with van der Waals surface area (Å²) in [5.74, 6) is 0.479. The monoisotopic (exact) mass is 517 g/mol. The highest BCUT2D eigenvalue weighted by atomic mass is 16.5. The lowest BCUT2D eigenvalue weighted by atomic mass is 9.82. The third-order valence-electron chi connectivity index (χ3n) is 6.51. The minimum atomic E-state index is -1.11. The van der Waals surface area contributed by atoms with Gasteiger partial charge < -0.3 is 19.8 Å². The first kappa shape index (κ1) is 26.9. The Labute approximate surface area is 223 Å².